The number of rotatable bonds is 3. The van der Waals surface area contributed by atoms with Crippen LogP contribution in [0.5, 0.6) is 0 Å². The molecule has 2 heterocycles. The van der Waals surface area contributed by atoms with Crippen molar-refractivity contribution in [2.24, 2.45) is 5.16 Å². The number of halogens is 2. The van der Waals surface area contributed by atoms with Crippen LogP contribution in [-0.4, -0.2) is 46.8 Å². The minimum Gasteiger partial charge on any atom is -0.386 e. The Morgan fingerprint density at radius 3 is 2.78 bits per heavy atom. The molecule has 2 amide bonds. The smallest absolute Gasteiger partial charge is 0.273 e. The molecule has 2 fully saturated rings. The highest BCUT2D eigenvalue weighted by Gasteiger charge is 2.51. The van der Waals surface area contributed by atoms with Crippen molar-refractivity contribution < 1.29 is 18.8 Å². The molecule has 2 aliphatic heterocycles. The maximum Gasteiger partial charge on any atom is 0.273 e. The van der Waals surface area contributed by atoms with E-state index in [-0.39, 0.29) is 18.2 Å². The topological polar surface area (TPSA) is 71.0 Å². The van der Waals surface area contributed by atoms with Crippen LogP contribution in [0.1, 0.15) is 38.5 Å². The largest absolute Gasteiger partial charge is 0.386 e. The lowest BCUT2D eigenvalue weighted by Crippen LogP contribution is -2.57. The molecule has 3 aliphatic rings. The van der Waals surface area contributed by atoms with Crippen LogP contribution in [0.3, 0.4) is 0 Å². The van der Waals surface area contributed by atoms with Crippen molar-refractivity contribution in [1.29, 1.82) is 0 Å². The lowest BCUT2D eigenvalue weighted by Gasteiger charge is -2.43. The summed E-state index contributed by atoms with van der Waals surface area (Å²) in [5, 5.41) is 7.23. The Hall–Kier alpha value is -2.15. The van der Waals surface area contributed by atoms with Crippen LogP contribution >= 0.6 is 11.6 Å². The Kier molecular flexibility index (Phi) is 4.58. The van der Waals surface area contributed by atoms with E-state index in [1.54, 1.807) is 24.3 Å². The third-order valence-electron chi connectivity index (χ3n) is 5.54. The van der Waals surface area contributed by atoms with E-state index < -0.39 is 17.2 Å². The van der Waals surface area contributed by atoms with Crippen molar-refractivity contribution in [1.82, 2.24) is 4.90 Å². The standard InChI is InChI=1S/C19H21ClFN3O3/c20-13-4-1-5-14(10-13)22-16(25)15-11-18(27-23-15)6-3-9-24(12-18)17(26)19(21)7-2-8-19/h1,4-5,10H,2-3,6-9,11-12H2,(H,22,25). The van der Waals surface area contributed by atoms with Crippen molar-refractivity contribution in [2.75, 3.05) is 18.4 Å². The Morgan fingerprint density at radius 2 is 2.07 bits per heavy atom. The minimum atomic E-state index is -1.72. The number of piperidine rings is 1. The number of likely N-dealkylation sites (tertiary alicyclic amines) is 1. The second-order valence-corrected chi connectivity index (χ2v) is 8.04. The van der Waals surface area contributed by atoms with Gasteiger partial charge in [0.05, 0.1) is 6.54 Å². The highest BCUT2D eigenvalue weighted by atomic mass is 35.5. The number of alkyl halides is 1. The van der Waals surface area contributed by atoms with E-state index in [2.05, 4.69) is 10.5 Å². The van der Waals surface area contributed by atoms with Gasteiger partial charge in [0.15, 0.2) is 11.3 Å². The van der Waals surface area contributed by atoms with E-state index in [4.69, 9.17) is 16.4 Å². The van der Waals surface area contributed by atoms with Gasteiger partial charge < -0.3 is 15.1 Å². The number of anilines is 1. The van der Waals surface area contributed by atoms with E-state index in [0.29, 0.717) is 49.4 Å². The number of carbonyl (C=O) groups excluding carboxylic acids is 2. The monoisotopic (exact) mass is 393 g/mol. The zero-order chi connectivity index (χ0) is 19.1. The van der Waals surface area contributed by atoms with Crippen molar-refractivity contribution in [3.63, 3.8) is 0 Å². The number of hydrogen-bond acceptors (Lipinski definition) is 4. The zero-order valence-corrected chi connectivity index (χ0v) is 15.6. The van der Waals surface area contributed by atoms with Gasteiger partial charge in [0.1, 0.15) is 5.71 Å². The summed E-state index contributed by atoms with van der Waals surface area (Å²) >= 11 is 5.93. The molecule has 1 atom stereocenters. The number of carbonyl (C=O) groups is 2. The first kappa shape index (κ1) is 18.2. The van der Waals surface area contributed by atoms with Crippen LogP contribution in [0, 0.1) is 0 Å². The van der Waals surface area contributed by atoms with Crippen molar-refractivity contribution in [3.05, 3.63) is 29.3 Å². The molecular formula is C19H21ClFN3O3. The molecule has 0 bridgehead atoms. The molecule has 1 saturated carbocycles. The molecule has 144 valence electrons. The third-order valence-corrected chi connectivity index (χ3v) is 5.77. The second kappa shape index (κ2) is 6.78. The van der Waals surface area contributed by atoms with Crippen LogP contribution in [0.15, 0.2) is 29.4 Å². The van der Waals surface area contributed by atoms with E-state index >= 15 is 0 Å². The quantitative estimate of drug-likeness (QED) is 0.856. The first-order chi connectivity index (χ1) is 12.9. The first-order valence-electron chi connectivity index (χ1n) is 9.20. The van der Waals surface area contributed by atoms with Gasteiger partial charge in [-0.15, -0.1) is 0 Å². The number of oxime groups is 1. The van der Waals surface area contributed by atoms with Gasteiger partial charge in [-0.25, -0.2) is 4.39 Å². The maximum absolute atomic E-state index is 14.5. The number of nitrogens with one attached hydrogen (secondary N) is 1. The summed E-state index contributed by atoms with van der Waals surface area (Å²) in [6, 6.07) is 6.84. The number of nitrogens with zero attached hydrogens (tertiary/aromatic N) is 2. The average molecular weight is 394 g/mol. The van der Waals surface area contributed by atoms with Crippen LogP contribution in [0.25, 0.3) is 0 Å². The van der Waals surface area contributed by atoms with Gasteiger partial charge in [-0.1, -0.05) is 22.8 Å². The van der Waals surface area contributed by atoms with Gasteiger partial charge in [0.25, 0.3) is 11.8 Å². The van der Waals surface area contributed by atoms with Gasteiger partial charge in [0, 0.05) is 23.7 Å². The normalized spacial score (nSPS) is 26.1. The Labute approximate surface area is 161 Å². The molecule has 1 spiro atoms. The summed E-state index contributed by atoms with van der Waals surface area (Å²) in [6.45, 7) is 0.772. The first-order valence-corrected chi connectivity index (χ1v) is 9.57. The summed E-state index contributed by atoms with van der Waals surface area (Å²) in [6.07, 6.45) is 2.99. The predicted octanol–water partition coefficient (Wildman–Crippen LogP) is 3.31. The summed E-state index contributed by atoms with van der Waals surface area (Å²) in [7, 11) is 0. The molecular weight excluding hydrogens is 373 g/mol. The predicted molar refractivity (Wildman–Crippen MR) is 99.5 cm³/mol. The molecule has 8 heteroatoms. The molecule has 27 heavy (non-hydrogen) atoms. The molecule has 4 rings (SSSR count). The molecule has 1 N–H and O–H groups in total. The maximum atomic E-state index is 14.5. The second-order valence-electron chi connectivity index (χ2n) is 7.60. The van der Waals surface area contributed by atoms with Crippen LogP contribution < -0.4 is 5.32 Å². The molecule has 1 saturated heterocycles. The molecule has 0 aromatic heterocycles. The van der Waals surface area contributed by atoms with E-state index in [9.17, 15) is 14.0 Å². The Bertz CT molecular complexity index is 811. The average Bonchev–Trinajstić information content (AvgIpc) is 3.02. The molecule has 1 aliphatic carbocycles. The molecule has 1 aromatic carbocycles. The van der Waals surface area contributed by atoms with Crippen LogP contribution in [0.2, 0.25) is 5.02 Å². The molecule has 1 aromatic rings. The van der Waals surface area contributed by atoms with Crippen molar-refractivity contribution in [2.45, 2.75) is 49.8 Å². The minimum absolute atomic E-state index is 0.259. The lowest BCUT2D eigenvalue weighted by atomic mass is 9.79. The van der Waals surface area contributed by atoms with Crippen LogP contribution in [0.4, 0.5) is 10.1 Å². The summed E-state index contributed by atoms with van der Waals surface area (Å²) < 4.78 is 14.5. The van der Waals surface area contributed by atoms with E-state index in [0.717, 1.165) is 6.42 Å². The van der Waals surface area contributed by atoms with Crippen molar-refractivity contribution in [3.8, 4) is 0 Å². The van der Waals surface area contributed by atoms with Gasteiger partial charge in [0.2, 0.25) is 0 Å². The zero-order valence-electron chi connectivity index (χ0n) is 14.8. The molecule has 0 radical (unpaired) electrons. The number of amides is 2. The van der Waals surface area contributed by atoms with Gasteiger partial charge in [-0.3, -0.25) is 9.59 Å². The SMILES string of the molecule is O=C(Nc1cccc(Cl)c1)C1=NOC2(CCCN(C(=O)C3(F)CCC3)C2)C1. The Balaban J connectivity index is 1.39. The summed E-state index contributed by atoms with van der Waals surface area (Å²) in [4.78, 5) is 32.1. The third kappa shape index (κ3) is 3.52. The molecule has 6 nitrogen and oxygen atoms in total. The van der Waals surface area contributed by atoms with E-state index in [1.807, 2.05) is 0 Å². The fourth-order valence-electron chi connectivity index (χ4n) is 3.89. The fourth-order valence-corrected chi connectivity index (χ4v) is 4.08. The number of hydrogen-bond donors (Lipinski definition) is 1. The highest BCUT2D eigenvalue weighted by molar-refractivity contribution is 6.43. The van der Waals surface area contributed by atoms with Crippen molar-refractivity contribution >= 4 is 34.8 Å². The summed E-state index contributed by atoms with van der Waals surface area (Å²) in [5.41, 5.74) is -1.62. The van der Waals surface area contributed by atoms with E-state index in [1.165, 1.54) is 4.90 Å². The highest BCUT2D eigenvalue weighted by Crippen LogP contribution is 2.40. The number of benzene rings is 1. The van der Waals surface area contributed by atoms with Gasteiger partial charge in [-0.2, -0.15) is 0 Å². The van der Waals surface area contributed by atoms with Crippen LogP contribution in [-0.2, 0) is 14.4 Å². The van der Waals surface area contributed by atoms with Gasteiger partial charge in [-0.05, 0) is 50.3 Å². The Morgan fingerprint density at radius 1 is 1.26 bits per heavy atom. The lowest BCUT2D eigenvalue weighted by molar-refractivity contribution is -0.158. The molecule has 1 unspecified atom stereocenters. The fraction of sp³-hybridized carbons (Fsp3) is 0.526. The summed E-state index contributed by atoms with van der Waals surface area (Å²) in [5.74, 6) is -0.813. The van der Waals surface area contributed by atoms with Gasteiger partial charge >= 0.3 is 0 Å².